The van der Waals surface area contributed by atoms with Gasteiger partial charge in [-0.25, -0.2) is 0 Å². The lowest BCUT2D eigenvalue weighted by molar-refractivity contribution is 0.415. The van der Waals surface area contributed by atoms with Crippen LogP contribution in [0.3, 0.4) is 0 Å². The second kappa shape index (κ2) is 5.66. The summed E-state index contributed by atoms with van der Waals surface area (Å²) in [6.45, 7) is 0. The second-order valence-corrected chi connectivity index (χ2v) is 6.24. The van der Waals surface area contributed by atoms with E-state index < -0.39 is 0 Å². The van der Waals surface area contributed by atoms with E-state index in [2.05, 4.69) is 31.9 Å². The molecule has 1 heterocycles. The van der Waals surface area contributed by atoms with E-state index in [1.807, 2.05) is 30.3 Å². The van der Waals surface area contributed by atoms with Gasteiger partial charge in [-0.15, -0.1) is 0 Å². The number of rotatable bonds is 2. The summed E-state index contributed by atoms with van der Waals surface area (Å²) in [4.78, 5) is 12.3. The molecule has 1 aromatic heterocycles. The van der Waals surface area contributed by atoms with E-state index in [1.165, 1.54) is 6.07 Å². The minimum atomic E-state index is -0.0796. The van der Waals surface area contributed by atoms with E-state index in [0.29, 0.717) is 16.7 Å². The molecular weight excluding hydrogens is 400 g/mol. The van der Waals surface area contributed by atoms with E-state index in [9.17, 15) is 4.79 Å². The van der Waals surface area contributed by atoms with Crippen LogP contribution in [0, 0.1) is 0 Å². The molecule has 0 N–H and O–H groups in total. The van der Waals surface area contributed by atoms with Crippen molar-refractivity contribution in [1.29, 1.82) is 0 Å². The van der Waals surface area contributed by atoms with Gasteiger partial charge in [-0.3, -0.25) is 4.79 Å². The first kappa shape index (κ1) is 14.4. The molecule has 0 fully saturated rings. The molecule has 0 aliphatic heterocycles. The van der Waals surface area contributed by atoms with E-state index in [1.54, 1.807) is 13.2 Å². The number of fused-ring (bicyclic) bond motifs is 1. The normalized spacial score (nSPS) is 10.8. The summed E-state index contributed by atoms with van der Waals surface area (Å²) >= 11 is 6.80. The number of hydrogen-bond acceptors (Lipinski definition) is 3. The molecule has 0 unspecified atom stereocenters. The molecule has 21 heavy (non-hydrogen) atoms. The maximum absolute atomic E-state index is 12.3. The van der Waals surface area contributed by atoms with Crippen LogP contribution in [0.2, 0.25) is 0 Å². The van der Waals surface area contributed by atoms with Crippen LogP contribution >= 0.6 is 31.9 Å². The standard InChI is InChI=1S/C16H10Br2O3/c1-20-11-4-2-9(3-5-11)15-8-14(19)12-6-10(17)7-13(18)16(12)21-15/h2-8H,1H3. The minimum absolute atomic E-state index is 0.0796. The zero-order chi connectivity index (χ0) is 15.0. The van der Waals surface area contributed by atoms with Crippen LogP contribution in [0.25, 0.3) is 22.3 Å². The van der Waals surface area contributed by atoms with Gasteiger partial charge in [0.1, 0.15) is 11.5 Å². The molecule has 0 saturated heterocycles. The van der Waals surface area contributed by atoms with Gasteiger partial charge >= 0.3 is 0 Å². The fourth-order valence-corrected chi connectivity index (χ4v) is 3.39. The fourth-order valence-electron chi connectivity index (χ4n) is 2.08. The zero-order valence-electron chi connectivity index (χ0n) is 11.0. The van der Waals surface area contributed by atoms with Crippen molar-refractivity contribution in [3.05, 3.63) is 61.6 Å². The average Bonchev–Trinajstić information content (AvgIpc) is 2.48. The Balaban J connectivity index is 2.22. The van der Waals surface area contributed by atoms with Crippen LogP contribution in [0.1, 0.15) is 0 Å². The van der Waals surface area contributed by atoms with E-state index in [-0.39, 0.29) is 5.43 Å². The smallest absolute Gasteiger partial charge is 0.193 e. The largest absolute Gasteiger partial charge is 0.497 e. The lowest BCUT2D eigenvalue weighted by atomic mass is 10.1. The summed E-state index contributed by atoms with van der Waals surface area (Å²) in [5.74, 6) is 1.28. The van der Waals surface area contributed by atoms with Crippen LogP contribution in [0.5, 0.6) is 5.75 Å². The molecule has 0 radical (unpaired) electrons. The average molecular weight is 410 g/mol. The predicted molar refractivity (Wildman–Crippen MR) is 89.9 cm³/mol. The third-order valence-electron chi connectivity index (χ3n) is 3.12. The molecule has 0 atom stereocenters. The third-order valence-corrected chi connectivity index (χ3v) is 4.17. The molecule has 0 aliphatic rings. The first-order valence-electron chi connectivity index (χ1n) is 6.16. The Morgan fingerprint density at radius 2 is 1.76 bits per heavy atom. The molecule has 3 nitrogen and oxygen atoms in total. The number of ether oxygens (including phenoxy) is 1. The van der Waals surface area contributed by atoms with Gasteiger partial charge in [-0.1, -0.05) is 15.9 Å². The maximum atomic E-state index is 12.3. The van der Waals surface area contributed by atoms with Gasteiger partial charge in [-0.2, -0.15) is 0 Å². The minimum Gasteiger partial charge on any atom is -0.497 e. The van der Waals surface area contributed by atoms with Crippen molar-refractivity contribution in [3.8, 4) is 17.1 Å². The Kier molecular flexibility index (Phi) is 3.87. The van der Waals surface area contributed by atoms with Gasteiger partial charge in [0.2, 0.25) is 0 Å². The monoisotopic (exact) mass is 408 g/mol. The summed E-state index contributed by atoms with van der Waals surface area (Å²) in [5.41, 5.74) is 1.28. The molecule has 3 aromatic rings. The van der Waals surface area contributed by atoms with Gasteiger partial charge in [0.15, 0.2) is 11.0 Å². The molecular formula is C16H10Br2O3. The Hall–Kier alpha value is -1.59. The van der Waals surface area contributed by atoms with Gasteiger partial charge in [0.25, 0.3) is 0 Å². The van der Waals surface area contributed by atoms with Crippen molar-refractivity contribution < 1.29 is 9.15 Å². The highest BCUT2D eigenvalue weighted by molar-refractivity contribution is 9.11. The van der Waals surface area contributed by atoms with Gasteiger partial charge in [0.05, 0.1) is 17.0 Å². The lowest BCUT2D eigenvalue weighted by Crippen LogP contribution is -2.00. The molecule has 2 aromatic carbocycles. The van der Waals surface area contributed by atoms with Crippen LogP contribution in [0.4, 0.5) is 0 Å². The van der Waals surface area contributed by atoms with Crippen molar-refractivity contribution in [1.82, 2.24) is 0 Å². The second-order valence-electron chi connectivity index (χ2n) is 4.47. The highest BCUT2D eigenvalue weighted by atomic mass is 79.9. The van der Waals surface area contributed by atoms with Crippen LogP contribution in [0.15, 0.2) is 60.6 Å². The van der Waals surface area contributed by atoms with Crippen LogP contribution < -0.4 is 10.2 Å². The summed E-state index contributed by atoms with van der Waals surface area (Å²) in [5, 5.41) is 0.536. The fraction of sp³-hybridized carbons (Fsp3) is 0.0625. The Labute approximate surface area is 137 Å². The highest BCUT2D eigenvalue weighted by Crippen LogP contribution is 2.30. The Morgan fingerprint density at radius 1 is 1.05 bits per heavy atom. The van der Waals surface area contributed by atoms with E-state index in [0.717, 1.165) is 20.3 Å². The van der Waals surface area contributed by atoms with Gasteiger partial charge in [0, 0.05) is 16.1 Å². The molecule has 0 amide bonds. The van der Waals surface area contributed by atoms with Crippen molar-refractivity contribution in [2.75, 3.05) is 7.11 Å². The lowest BCUT2D eigenvalue weighted by Gasteiger charge is -2.06. The van der Waals surface area contributed by atoms with Crippen molar-refractivity contribution >= 4 is 42.8 Å². The molecule has 0 aliphatic carbocycles. The molecule has 0 bridgehead atoms. The predicted octanol–water partition coefficient (Wildman–Crippen LogP) is 4.99. The topological polar surface area (TPSA) is 39.4 Å². The number of hydrogen-bond donors (Lipinski definition) is 0. The molecule has 0 spiro atoms. The molecule has 0 saturated carbocycles. The first-order valence-corrected chi connectivity index (χ1v) is 7.74. The maximum Gasteiger partial charge on any atom is 0.193 e. The van der Waals surface area contributed by atoms with E-state index in [4.69, 9.17) is 9.15 Å². The highest BCUT2D eigenvalue weighted by Gasteiger charge is 2.10. The summed E-state index contributed by atoms with van der Waals surface area (Å²) < 4.78 is 12.6. The van der Waals surface area contributed by atoms with Crippen LogP contribution in [-0.4, -0.2) is 7.11 Å². The number of halogens is 2. The Morgan fingerprint density at radius 3 is 2.43 bits per heavy atom. The third kappa shape index (κ3) is 2.76. The van der Waals surface area contributed by atoms with Crippen molar-refractivity contribution in [2.24, 2.45) is 0 Å². The van der Waals surface area contributed by atoms with E-state index >= 15 is 0 Å². The van der Waals surface area contributed by atoms with Crippen molar-refractivity contribution in [2.45, 2.75) is 0 Å². The number of benzene rings is 2. The van der Waals surface area contributed by atoms with Gasteiger partial charge in [-0.05, 0) is 52.3 Å². The molecule has 3 rings (SSSR count). The SMILES string of the molecule is COc1ccc(-c2cc(=O)c3cc(Br)cc(Br)c3o2)cc1. The zero-order valence-corrected chi connectivity index (χ0v) is 14.2. The Bertz CT molecular complexity index is 867. The first-order chi connectivity index (χ1) is 10.1. The molecule has 5 heteroatoms. The summed E-state index contributed by atoms with van der Waals surface area (Å²) in [6.07, 6.45) is 0. The molecule has 106 valence electrons. The van der Waals surface area contributed by atoms with Crippen LogP contribution in [-0.2, 0) is 0 Å². The summed E-state index contributed by atoms with van der Waals surface area (Å²) in [6, 6.07) is 12.5. The summed E-state index contributed by atoms with van der Waals surface area (Å²) in [7, 11) is 1.61. The quantitative estimate of drug-likeness (QED) is 0.598. The van der Waals surface area contributed by atoms with Gasteiger partial charge < -0.3 is 9.15 Å². The van der Waals surface area contributed by atoms with Crippen molar-refractivity contribution in [3.63, 3.8) is 0 Å². The number of methoxy groups -OCH3 is 1.